The molecule has 0 bridgehead atoms. The summed E-state index contributed by atoms with van der Waals surface area (Å²) in [5.74, 6) is 2.66. The third kappa shape index (κ3) is 7.59. The van der Waals surface area contributed by atoms with Crippen molar-refractivity contribution in [2.75, 3.05) is 28.4 Å². The summed E-state index contributed by atoms with van der Waals surface area (Å²) in [5, 5.41) is 0. The van der Waals surface area contributed by atoms with Crippen LogP contribution < -0.4 is 28.0 Å². The van der Waals surface area contributed by atoms with E-state index in [0.29, 0.717) is 47.3 Å². The molecule has 0 saturated heterocycles. The van der Waals surface area contributed by atoms with Gasteiger partial charge in [0, 0.05) is 36.1 Å². The SMILES string of the molecule is CCc1ccc(Cc2cc(O[PH](=O)Oc3cc(Cc4ccc(CC)cc4)c(OC)cc3OC)c(OC)cc2OC)cc1. The van der Waals surface area contributed by atoms with Crippen molar-refractivity contribution >= 4 is 8.25 Å². The van der Waals surface area contributed by atoms with Gasteiger partial charge in [0.2, 0.25) is 0 Å². The molecule has 0 amide bonds. The third-order valence-electron chi connectivity index (χ3n) is 7.17. The highest BCUT2D eigenvalue weighted by atomic mass is 31.1. The van der Waals surface area contributed by atoms with Crippen LogP contribution in [0.1, 0.15) is 47.2 Å². The van der Waals surface area contributed by atoms with Crippen LogP contribution in [0, 0.1) is 0 Å². The third-order valence-corrected chi connectivity index (χ3v) is 7.94. The molecule has 0 unspecified atom stereocenters. The fraction of sp³-hybridized carbons (Fsp3) is 0.294. The van der Waals surface area contributed by atoms with Crippen molar-refractivity contribution in [3.8, 4) is 34.5 Å². The molecular formula is C34H39O7P. The highest BCUT2D eigenvalue weighted by Gasteiger charge is 2.19. The van der Waals surface area contributed by atoms with Gasteiger partial charge in [-0.05, 0) is 47.2 Å². The van der Waals surface area contributed by atoms with Gasteiger partial charge in [0.25, 0.3) is 0 Å². The van der Waals surface area contributed by atoms with E-state index in [1.807, 2.05) is 0 Å². The van der Waals surface area contributed by atoms with Gasteiger partial charge in [-0.2, -0.15) is 0 Å². The molecule has 0 fully saturated rings. The van der Waals surface area contributed by atoms with Crippen LogP contribution in [0.4, 0.5) is 0 Å². The Labute approximate surface area is 249 Å². The second-order valence-electron chi connectivity index (χ2n) is 9.78. The minimum atomic E-state index is -3.08. The first-order valence-corrected chi connectivity index (χ1v) is 15.2. The van der Waals surface area contributed by atoms with Crippen LogP contribution >= 0.6 is 8.25 Å². The predicted molar refractivity (Wildman–Crippen MR) is 167 cm³/mol. The van der Waals surface area contributed by atoms with Crippen molar-refractivity contribution in [3.05, 3.63) is 106 Å². The number of benzene rings is 4. The van der Waals surface area contributed by atoms with E-state index in [-0.39, 0.29) is 0 Å². The predicted octanol–water partition coefficient (Wildman–Crippen LogP) is 7.87. The largest absolute Gasteiger partial charge is 0.496 e. The topological polar surface area (TPSA) is 72.5 Å². The fourth-order valence-electron chi connectivity index (χ4n) is 4.73. The monoisotopic (exact) mass is 590 g/mol. The quantitative estimate of drug-likeness (QED) is 0.138. The zero-order valence-electron chi connectivity index (χ0n) is 25.1. The van der Waals surface area contributed by atoms with Gasteiger partial charge in [0.1, 0.15) is 11.5 Å². The van der Waals surface area contributed by atoms with Gasteiger partial charge < -0.3 is 28.0 Å². The van der Waals surface area contributed by atoms with E-state index in [0.717, 1.165) is 35.1 Å². The van der Waals surface area contributed by atoms with E-state index in [1.54, 1.807) is 38.5 Å². The van der Waals surface area contributed by atoms with E-state index >= 15 is 0 Å². The summed E-state index contributed by atoms with van der Waals surface area (Å²) < 4.78 is 47.3. The first-order chi connectivity index (χ1) is 20.4. The second-order valence-corrected chi connectivity index (χ2v) is 10.7. The van der Waals surface area contributed by atoms with Crippen LogP contribution in [0.15, 0.2) is 72.8 Å². The molecule has 7 nitrogen and oxygen atoms in total. The molecule has 4 aromatic carbocycles. The Kier molecular flexibility index (Phi) is 10.8. The molecule has 42 heavy (non-hydrogen) atoms. The van der Waals surface area contributed by atoms with Crippen molar-refractivity contribution < 1.29 is 32.6 Å². The molecule has 8 heteroatoms. The lowest BCUT2D eigenvalue weighted by Crippen LogP contribution is -2.00. The van der Waals surface area contributed by atoms with Crippen LogP contribution in [-0.4, -0.2) is 28.4 Å². The van der Waals surface area contributed by atoms with Crippen LogP contribution in [-0.2, 0) is 30.2 Å². The number of methoxy groups -OCH3 is 4. The van der Waals surface area contributed by atoms with Gasteiger partial charge in [-0.3, -0.25) is 0 Å². The first kappa shape index (κ1) is 30.9. The summed E-state index contributed by atoms with van der Waals surface area (Å²) in [7, 11) is 3.18. The Morgan fingerprint density at radius 3 is 1.12 bits per heavy atom. The fourth-order valence-corrected chi connectivity index (χ4v) is 5.45. The Morgan fingerprint density at radius 2 is 0.810 bits per heavy atom. The molecule has 0 aliphatic rings. The lowest BCUT2D eigenvalue weighted by atomic mass is 10.0. The summed E-state index contributed by atoms with van der Waals surface area (Å²) in [6.45, 7) is 4.26. The maximum absolute atomic E-state index is 13.3. The van der Waals surface area contributed by atoms with Crippen LogP contribution in [0.2, 0.25) is 0 Å². The van der Waals surface area contributed by atoms with Gasteiger partial charge in [0.15, 0.2) is 23.0 Å². The molecule has 0 aliphatic heterocycles. The zero-order chi connectivity index (χ0) is 30.1. The molecule has 222 valence electrons. The molecule has 0 atom stereocenters. The average Bonchev–Trinajstić information content (AvgIpc) is 3.02. The molecular weight excluding hydrogens is 551 g/mol. The van der Waals surface area contributed by atoms with Crippen molar-refractivity contribution in [3.63, 3.8) is 0 Å². The summed E-state index contributed by atoms with van der Waals surface area (Å²) >= 11 is 0. The number of aryl methyl sites for hydroxylation is 2. The van der Waals surface area contributed by atoms with Gasteiger partial charge in [0.05, 0.1) is 28.4 Å². The van der Waals surface area contributed by atoms with Crippen molar-refractivity contribution in [2.24, 2.45) is 0 Å². The minimum Gasteiger partial charge on any atom is -0.496 e. The lowest BCUT2D eigenvalue weighted by Gasteiger charge is -2.18. The van der Waals surface area contributed by atoms with Gasteiger partial charge in [-0.15, -0.1) is 0 Å². The maximum Gasteiger partial charge on any atom is 0.419 e. The van der Waals surface area contributed by atoms with Gasteiger partial charge in [-0.25, -0.2) is 4.57 Å². The Hall–Kier alpha value is -4.09. The maximum atomic E-state index is 13.3. The minimum absolute atomic E-state index is 0.297. The van der Waals surface area contributed by atoms with Crippen molar-refractivity contribution in [1.82, 2.24) is 0 Å². The highest BCUT2D eigenvalue weighted by Crippen LogP contribution is 2.44. The van der Waals surface area contributed by atoms with Gasteiger partial charge in [-0.1, -0.05) is 62.4 Å². The second kappa shape index (κ2) is 14.7. The summed E-state index contributed by atoms with van der Waals surface area (Å²) in [5.41, 5.74) is 6.51. The molecule has 0 heterocycles. The van der Waals surface area contributed by atoms with E-state index in [4.69, 9.17) is 28.0 Å². The van der Waals surface area contributed by atoms with E-state index in [2.05, 4.69) is 62.4 Å². The number of rotatable bonds is 14. The molecule has 0 N–H and O–H groups in total. The summed E-state index contributed by atoms with van der Waals surface area (Å²) in [6.07, 6.45) is 3.16. The van der Waals surface area contributed by atoms with Crippen molar-refractivity contribution in [1.29, 1.82) is 0 Å². The standard InChI is InChI=1S/C34H39O7P/c1-7-23-9-13-25(14-10-23)17-27-19-33(31(38-5)21-29(27)36-3)40-42(35)41-34-20-28(30(37-4)22-32(34)39-6)18-26-15-11-24(8-2)12-16-26/h9-16,19-22,42H,7-8,17-18H2,1-6H3. The zero-order valence-corrected chi connectivity index (χ0v) is 26.1. The summed E-state index contributed by atoms with van der Waals surface area (Å²) in [4.78, 5) is 0. The molecule has 0 saturated carbocycles. The molecule has 0 spiro atoms. The van der Waals surface area contributed by atoms with Gasteiger partial charge >= 0.3 is 8.25 Å². The highest BCUT2D eigenvalue weighted by molar-refractivity contribution is 7.34. The number of hydrogen-bond acceptors (Lipinski definition) is 7. The number of ether oxygens (including phenoxy) is 4. The Bertz CT molecular complexity index is 1390. The summed E-state index contributed by atoms with van der Waals surface area (Å²) in [6, 6.07) is 23.9. The Balaban J connectivity index is 1.58. The van der Waals surface area contributed by atoms with E-state index < -0.39 is 8.25 Å². The lowest BCUT2D eigenvalue weighted by molar-refractivity contribution is 0.354. The molecule has 4 rings (SSSR count). The first-order valence-electron chi connectivity index (χ1n) is 14.0. The molecule has 0 aromatic heterocycles. The average molecular weight is 591 g/mol. The number of hydrogen-bond donors (Lipinski definition) is 0. The van der Waals surface area contributed by atoms with Crippen LogP contribution in [0.25, 0.3) is 0 Å². The van der Waals surface area contributed by atoms with E-state index in [1.165, 1.54) is 25.3 Å². The van der Waals surface area contributed by atoms with Crippen LogP contribution in [0.5, 0.6) is 34.5 Å². The molecule has 0 radical (unpaired) electrons. The smallest absolute Gasteiger partial charge is 0.419 e. The van der Waals surface area contributed by atoms with Crippen LogP contribution in [0.3, 0.4) is 0 Å². The normalized spacial score (nSPS) is 10.8. The van der Waals surface area contributed by atoms with E-state index in [9.17, 15) is 4.57 Å². The molecule has 4 aromatic rings. The Morgan fingerprint density at radius 1 is 0.476 bits per heavy atom. The van der Waals surface area contributed by atoms with Crippen molar-refractivity contribution in [2.45, 2.75) is 39.5 Å². The molecule has 0 aliphatic carbocycles.